The average Bonchev–Trinajstić information content (AvgIpc) is 2.21. The summed E-state index contributed by atoms with van der Waals surface area (Å²) in [7, 11) is -1.95. The first-order valence-corrected chi connectivity index (χ1v) is 7.23. The lowest BCUT2D eigenvalue weighted by molar-refractivity contribution is 0.0678. The molecule has 0 rings (SSSR count). The number of hydrogen-bond donors (Lipinski definition) is 1. The van der Waals surface area contributed by atoms with Gasteiger partial charge in [0, 0.05) is 13.7 Å². The highest BCUT2D eigenvalue weighted by molar-refractivity contribution is 7.89. The van der Waals surface area contributed by atoms with Gasteiger partial charge in [0.15, 0.2) is 0 Å². The molecule has 0 bridgehead atoms. The number of ether oxygens (including phenoxy) is 2. The highest BCUT2D eigenvalue weighted by Crippen LogP contribution is 2.18. The highest BCUT2D eigenvalue weighted by atomic mass is 32.2. The zero-order chi connectivity index (χ0) is 13.3. The standard InChI is InChI=1S/C11H23NO4S/c1-4-5-10(2)11(17(12,13)14)6-7-16-9-8-15-3/h4,10-11H,1,5-9H2,2-3H3,(H2,12,13,14). The summed E-state index contributed by atoms with van der Waals surface area (Å²) in [5.41, 5.74) is 0. The molecule has 0 aromatic carbocycles. The molecule has 2 unspecified atom stereocenters. The Labute approximate surface area is 104 Å². The van der Waals surface area contributed by atoms with Crippen molar-refractivity contribution in [3.8, 4) is 0 Å². The number of allylic oxidation sites excluding steroid dienone is 1. The van der Waals surface area contributed by atoms with Gasteiger partial charge in [0.25, 0.3) is 0 Å². The third kappa shape index (κ3) is 7.49. The van der Waals surface area contributed by atoms with Crippen molar-refractivity contribution in [2.24, 2.45) is 11.1 Å². The molecule has 0 heterocycles. The van der Waals surface area contributed by atoms with Crippen molar-refractivity contribution in [3.63, 3.8) is 0 Å². The fourth-order valence-electron chi connectivity index (χ4n) is 1.63. The second-order valence-corrected chi connectivity index (χ2v) is 5.81. The van der Waals surface area contributed by atoms with Crippen LogP contribution in [-0.4, -0.2) is 40.6 Å². The molecule has 17 heavy (non-hydrogen) atoms. The minimum Gasteiger partial charge on any atom is -0.382 e. The molecule has 0 radical (unpaired) electrons. The Hall–Kier alpha value is -0.430. The minimum absolute atomic E-state index is 0.0477. The van der Waals surface area contributed by atoms with Gasteiger partial charge in [-0.2, -0.15) is 0 Å². The maximum Gasteiger partial charge on any atom is 0.212 e. The van der Waals surface area contributed by atoms with Gasteiger partial charge in [-0.3, -0.25) is 0 Å². The van der Waals surface area contributed by atoms with Crippen LogP contribution in [0.25, 0.3) is 0 Å². The fraction of sp³-hybridized carbons (Fsp3) is 0.818. The molecule has 0 aliphatic heterocycles. The number of primary sulfonamides is 1. The van der Waals surface area contributed by atoms with E-state index < -0.39 is 15.3 Å². The summed E-state index contributed by atoms with van der Waals surface area (Å²) >= 11 is 0. The molecule has 2 N–H and O–H groups in total. The first-order valence-electron chi connectivity index (χ1n) is 5.62. The Kier molecular flexibility index (Phi) is 8.41. The molecule has 0 fully saturated rings. The van der Waals surface area contributed by atoms with Gasteiger partial charge < -0.3 is 9.47 Å². The van der Waals surface area contributed by atoms with Crippen LogP contribution in [0, 0.1) is 5.92 Å². The van der Waals surface area contributed by atoms with E-state index in [9.17, 15) is 8.42 Å². The fourth-order valence-corrected chi connectivity index (χ4v) is 2.81. The molecule has 0 aliphatic carbocycles. The van der Waals surface area contributed by atoms with Crippen LogP contribution >= 0.6 is 0 Å². The van der Waals surface area contributed by atoms with E-state index in [1.807, 2.05) is 6.92 Å². The van der Waals surface area contributed by atoms with E-state index in [0.717, 1.165) is 0 Å². The molecule has 0 saturated heterocycles. The predicted molar refractivity (Wildman–Crippen MR) is 68.2 cm³/mol. The summed E-state index contributed by atoms with van der Waals surface area (Å²) < 4.78 is 32.9. The third-order valence-electron chi connectivity index (χ3n) is 2.57. The van der Waals surface area contributed by atoms with Crippen molar-refractivity contribution in [1.29, 1.82) is 0 Å². The van der Waals surface area contributed by atoms with Gasteiger partial charge in [0.1, 0.15) is 0 Å². The summed E-state index contributed by atoms with van der Waals surface area (Å²) in [5, 5.41) is 4.63. The smallest absolute Gasteiger partial charge is 0.212 e. The van der Waals surface area contributed by atoms with Gasteiger partial charge in [-0.25, -0.2) is 13.6 Å². The van der Waals surface area contributed by atoms with Crippen molar-refractivity contribution in [2.75, 3.05) is 26.9 Å². The van der Waals surface area contributed by atoms with Crippen LogP contribution in [0.2, 0.25) is 0 Å². The maximum absolute atomic E-state index is 11.4. The van der Waals surface area contributed by atoms with Gasteiger partial charge in [-0.1, -0.05) is 13.0 Å². The van der Waals surface area contributed by atoms with Gasteiger partial charge in [0.2, 0.25) is 10.0 Å². The van der Waals surface area contributed by atoms with Crippen molar-refractivity contribution >= 4 is 10.0 Å². The summed E-state index contributed by atoms with van der Waals surface area (Å²) in [4.78, 5) is 0. The van der Waals surface area contributed by atoms with Crippen LogP contribution < -0.4 is 5.14 Å². The Morgan fingerprint density at radius 2 is 2.00 bits per heavy atom. The molecular weight excluding hydrogens is 242 g/mol. The molecule has 0 saturated carbocycles. The van der Waals surface area contributed by atoms with Gasteiger partial charge >= 0.3 is 0 Å². The highest BCUT2D eigenvalue weighted by Gasteiger charge is 2.26. The van der Waals surface area contributed by atoms with E-state index in [1.165, 1.54) is 0 Å². The monoisotopic (exact) mass is 265 g/mol. The lowest BCUT2D eigenvalue weighted by Crippen LogP contribution is -2.35. The summed E-state index contributed by atoms with van der Waals surface area (Å²) in [5.74, 6) is -0.0477. The Bertz CT molecular complexity index is 303. The first kappa shape index (κ1) is 16.6. The largest absolute Gasteiger partial charge is 0.382 e. The van der Waals surface area contributed by atoms with Crippen LogP contribution in [0.15, 0.2) is 12.7 Å². The third-order valence-corrected chi connectivity index (χ3v) is 4.12. The number of sulfonamides is 1. The lowest BCUT2D eigenvalue weighted by atomic mass is 10.0. The summed E-state index contributed by atoms with van der Waals surface area (Å²) in [6.45, 7) is 6.79. The predicted octanol–water partition coefficient (Wildman–Crippen LogP) is 0.909. The van der Waals surface area contributed by atoms with E-state index >= 15 is 0 Å². The molecule has 0 aromatic heterocycles. The van der Waals surface area contributed by atoms with E-state index in [2.05, 4.69) is 6.58 Å². The van der Waals surface area contributed by atoms with Crippen molar-refractivity contribution in [1.82, 2.24) is 0 Å². The number of methoxy groups -OCH3 is 1. The zero-order valence-corrected chi connectivity index (χ0v) is 11.4. The number of hydrogen-bond acceptors (Lipinski definition) is 4. The number of rotatable bonds is 10. The normalized spacial score (nSPS) is 15.5. The van der Waals surface area contributed by atoms with Crippen molar-refractivity contribution in [3.05, 3.63) is 12.7 Å². The molecular formula is C11H23NO4S. The van der Waals surface area contributed by atoms with E-state index in [0.29, 0.717) is 32.7 Å². The van der Waals surface area contributed by atoms with Gasteiger partial charge in [0.05, 0.1) is 18.5 Å². The number of nitrogens with two attached hydrogens (primary N) is 1. The van der Waals surface area contributed by atoms with Crippen molar-refractivity contribution in [2.45, 2.75) is 25.0 Å². The lowest BCUT2D eigenvalue weighted by Gasteiger charge is -2.20. The Morgan fingerprint density at radius 1 is 1.35 bits per heavy atom. The van der Waals surface area contributed by atoms with Crippen LogP contribution in [-0.2, 0) is 19.5 Å². The maximum atomic E-state index is 11.4. The van der Waals surface area contributed by atoms with Crippen LogP contribution in [0.3, 0.4) is 0 Å². The second-order valence-electron chi connectivity index (χ2n) is 4.02. The Balaban J connectivity index is 4.17. The second kappa shape index (κ2) is 8.63. The molecule has 6 heteroatoms. The Morgan fingerprint density at radius 3 is 2.47 bits per heavy atom. The molecule has 0 amide bonds. The van der Waals surface area contributed by atoms with E-state index in [1.54, 1.807) is 13.2 Å². The van der Waals surface area contributed by atoms with Crippen molar-refractivity contribution < 1.29 is 17.9 Å². The van der Waals surface area contributed by atoms with Crippen LogP contribution in [0.1, 0.15) is 19.8 Å². The summed E-state index contributed by atoms with van der Waals surface area (Å²) in [6, 6.07) is 0. The minimum atomic E-state index is -3.54. The topological polar surface area (TPSA) is 78.6 Å². The summed E-state index contributed by atoms with van der Waals surface area (Å²) in [6.07, 6.45) is 2.73. The van der Waals surface area contributed by atoms with Crippen LogP contribution in [0.5, 0.6) is 0 Å². The molecule has 102 valence electrons. The molecule has 5 nitrogen and oxygen atoms in total. The average molecular weight is 265 g/mol. The molecule has 0 aliphatic rings. The van der Waals surface area contributed by atoms with E-state index in [-0.39, 0.29) is 5.92 Å². The van der Waals surface area contributed by atoms with Gasteiger partial charge in [-0.05, 0) is 18.8 Å². The molecule has 0 aromatic rings. The van der Waals surface area contributed by atoms with E-state index in [4.69, 9.17) is 14.6 Å². The van der Waals surface area contributed by atoms with Gasteiger partial charge in [-0.15, -0.1) is 6.58 Å². The zero-order valence-electron chi connectivity index (χ0n) is 10.6. The quantitative estimate of drug-likeness (QED) is 0.470. The van der Waals surface area contributed by atoms with Crippen LogP contribution in [0.4, 0.5) is 0 Å². The molecule has 2 atom stereocenters. The SMILES string of the molecule is C=CCC(C)C(CCOCCOC)S(N)(=O)=O. The molecule has 0 spiro atoms. The first-order chi connectivity index (χ1) is 7.93.